The van der Waals surface area contributed by atoms with Crippen molar-refractivity contribution >= 4 is 23.3 Å². The Morgan fingerprint density at radius 3 is 2.50 bits per heavy atom. The molecule has 0 saturated carbocycles. The maximum absolute atomic E-state index is 13.8. The van der Waals surface area contributed by atoms with E-state index in [0.717, 1.165) is 4.68 Å². The van der Waals surface area contributed by atoms with Gasteiger partial charge >= 0.3 is 6.18 Å². The molecule has 0 aliphatic heterocycles. The molecule has 1 aromatic carbocycles. The van der Waals surface area contributed by atoms with Gasteiger partial charge in [0.15, 0.2) is 11.5 Å². The summed E-state index contributed by atoms with van der Waals surface area (Å²) in [5, 5.41) is 9.80. The minimum Gasteiger partial charge on any atom is -0.309 e. The van der Waals surface area contributed by atoms with E-state index in [1.54, 1.807) is 35.9 Å². The molecule has 30 heavy (non-hydrogen) atoms. The molecule has 0 aliphatic carbocycles. The minimum absolute atomic E-state index is 0.0810. The fraction of sp³-hybridized carbons (Fsp3) is 0.316. The maximum atomic E-state index is 13.8. The Balaban J connectivity index is 1.63. The number of aromatic nitrogens is 4. The summed E-state index contributed by atoms with van der Waals surface area (Å²) in [6.07, 6.45) is -4.80. The first-order valence-electron chi connectivity index (χ1n) is 8.94. The van der Waals surface area contributed by atoms with Crippen molar-refractivity contribution in [2.75, 3.05) is 5.32 Å². The molecule has 0 unspecified atom stereocenters. The molecule has 11 heteroatoms. The average molecular weight is 444 g/mol. The van der Waals surface area contributed by atoms with Crippen LogP contribution in [0.2, 0.25) is 5.02 Å². The molecule has 3 rings (SSSR count). The van der Waals surface area contributed by atoms with Gasteiger partial charge in [0.1, 0.15) is 5.82 Å². The van der Waals surface area contributed by atoms with Crippen LogP contribution in [0.25, 0.3) is 0 Å². The lowest BCUT2D eigenvalue weighted by Crippen LogP contribution is -2.16. The Hall–Kier alpha value is -2.88. The Bertz CT molecular complexity index is 1070. The molecule has 0 spiro atoms. The van der Waals surface area contributed by atoms with Crippen LogP contribution in [0.5, 0.6) is 0 Å². The molecule has 1 amide bonds. The zero-order valence-corrected chi connectivity index (χ0v) is 16.9. The van der Waals surface area contributed by atoms with Crippen LogP contribution in [0.3, 0.4) is 0 Å². The van der Waals surface area contributed by atoms with Crippen LogP contribution >= 0.6 is 11.6 Å². The molecule has 0 aliphatic rings. The number of carbonyl (C=O) groups is 1. The number of benzene rings is 1. The molecule has 0 saturated heterocycles. The molecule has 0 bridgehead atoms. The first kappa shape index (κ1) is 21.8. The van der Waals surface area contributed by atoms with Crippen LogP contribution in [-0.4, -0.2) is 25.5 Å². The first-order valence-corrected chi connectivity index (χ1v) is 9.32. The van der Waals surface area contributed by atoms with Crippen molar-refractivity contribution in [2.24, 2.45) is 0 Å². The number of anilines is 1. The molecule has 1 N–H and O–H groups in total. The molecule has 0 fully saturated rings. The highest BCUT2D eigenvalue weighted by Crippen LogP contribution is 2.35. The SMILES string of the molecule is Cc1cc(NC(=O)CCn2nc(C(F)(F)F)c(Cl)c2C)nn1Cc1ccccc1F. The molecule has 2 aromatic heterocycles. The van der Waals surface area contributed by atoms with Gasteiger partial charge in [0, 0.05) is 23.7 Å². The quantitative estimate of drug-likeness (QED) is 0.567. The van der Waals surface area contributed by atoms with Crippen molar-refractivity contribution in [1.29, 1.82) is 0 Å². The highest BCUT2D eigenvalue weighted by atomic mass is 35.5. The van der Waals surface area contributed by atoms with E-state index in [2.05, 4.69) is 15.5 Å². The van der Waals surface area contributed by atoms with Crippen molar-refractivity contribution < 1.29 is 22.4 Å². The van der Waals surface area contributed by atoms with Crippen LogP contribution in [0.15, 0.2) is 30.3 Å². The molecule has 0 atom stereocenters. The summed E-state index contributed by atoms with van der Waals surface area (Å²) in [6.45, 7) is 3.27. The summed E-state index contributed by atoms with van der Waals surface area (Å²) in [6, 6.07) is 7.92. The van der Waals surface area contributed by atoms with Crippen molar-refractivity contribution in [3.63, 3.8) is 0 Å². The number of hydrogen-bond donors (Lipinski definition) is 1. The summed E-state index contributed by atoms with van der Waals surface area (Å²) < 4.78 is 55.0. The molecule has 6 nitrogen and oxygen atoms in total. The predicted molar refractivity (Wildman–Crippen MR) is 103 cm³/mol. The van der Waals surface area contributed by atoms with Crippen LogP contribution in [0, 0.1) is 19.7 Å². The maximum Gasteiger partial charge on any atom is 0.436 e. The van der Waals surface area contributed by atoms with E-state index < -0.39 is 22.8 Å². The van der Waals surface area contributed by atoms with Gasteiger partial charge in [-0.05, 0) is 19.9 Å². The van der Waals surface area contributed by atoms with E-state index in [1.165, 1.54) is 13.0 Å². The Labute approximate surface area is 174 Å². The number of alkyl halides is 3. The summed E-state index contributed by atoms with van der Waals surface area (Å²) in [4.78, 5) is 12.2. The number of nitrogens with zero attached hydrogens (tertiary/aromatic N) is 4. The molecular formula is C19H18ClF4N5O. The fourth-order valence-electron chi connectivity index (χ4n) is 2.86. The summed E-state index contributed by atoms with van der Waals surface area (Å²) in [7, 11) is 0. The van der Waals surface area contributed by atoms with E-state index >= 15 is 0 Å². The normalized spacial score (nSPS) is 11.7. The molecule has 2 heterocycles. The monoisotopic (exact) mass is 443 g/mol. The second-order valence-corrected chi connectivity index (χ2v) is 7.07. The molecule has 160 valence electrons. The van der Waals surface area contributed by atoms with Gasteiger partial charge in [-0.2, -0.15) is 23.4 Å². The highest BCUT2D eigenvalue weighted by Gasteiger charge is 2.38. The van der Waals surface area contributed by atoms with Gasteiger partial charge in [0.25, 0.3) is 0 Å². The van der Waals surface area contributed by atoms with Crippen molar-refractivity contribution in [3.05, 3.63) is 63.8 Å². The van der Waals surface area contributed by atoms with Gasteiger partial charge in [-0.1, -0.05) is 29.8 Å². The zero-order valence-electron chi connectivity index (χ0n) is 16.1. The predicted octanol–water partition coefficient (Wildman–Crippen LogP) is 4.58. The molecular weight excluding hydrogens is 426 g/mol. The first-order chi connectivity index (χ1) is 14.1. The second kappa shape index (κ2) is 8.47. The van der Waals surface area contributed by atoms with E-state index in [1.807, 2.05) is 0 Å². The van der Waals surface area contributed by atoms with Crippen molar-refractivity contribution in [1.82, 2.24) is 19.6 Å². The third-order valence-electron chi connectivity index (χ3n) is 4.48. The Morgan fingerprint density at radius 1 is 1.17 bits per heavy atom. The second-order valence-electron chi connectivity index (χ2n) is 6.69. The average Bonchev–Trinajstić information content (AvgIpc) is 3.15. The van der Waals surface area contributed by atoms with Crippen molar-refractivity contribution in [2.45, 2.75) is 39.5 Å². The van der Waals surface area contributed by atoms with Crippen molar-refractivity contribution in [3.8, 4) is 0 Å². The summed E-state index contributed by atoms with van der Waals surface area (Å²) >= 11 is 5.70. The van der Waals surface area contributed by atoms with E-state index in [-0.39, 0.29) is 36.8 Å². The van der Waals surface area contributed by atoms with Crippen LogP contribution in [0.1, 0.15) is 29.1 Å². The third kappa shape index (κ3) is 4.81. The zero-order chi connectivity index (χ0) is 22.1. The van der Waals surface area contributed by atoms with E-state index in [0.29, 0.717) is 11.3 Å². The smallest absolute Gasteiger partial charge is 0.309 e. The van der Waals surface area contributed by atoms with Gasteiger partial charge in [-0.25, -0.2) is 4.39 Å². The number of carbonyl (C=O) groups excluding carboxylic acids is 1. The number of halogens is 5. The van der Waals surface area contributed by atoms with Crippen LogP contribution in [-0.2, 0) is 24.1 Å². The largest absolute Gasteiger partial charge is 0.436 e. The number of nitrogens with one attached hydrogen (secondary N) is 1. The lowest BCUT2D eigenvalue weighted by molar-refractivity contribution is -0.141. The summed E-state index contributed by atoms with van der Waals surface area (Å²) in [5.41, 5.74) is 0.109. The standard InChI is InChI=1S/C19H18ClF4N5O/c1-11-9-15(26-29(11)10-13-5-3-4-6-14(13)21)25-16(30)7-8-28-12(2)17(20)18(27-28)19(22,23)24/h3-6,9H,7-8,10H2,1-2H3,(H,25,26,30). The topological polar surface area (TPSA) is 64.7 Å². The van der Waals surface area contributed by atoms with Crippen LogP contribution in [0.4, 0.5) is 23.4 Å². The highest BCUT2D eigenvalue weighted by molar-refractivity contribution is 6.31. The van der Waals surface area contributed by atoms with Gasteiger partial charge in [-0.3, -0.25) is 14.2 Å². The lowest BCUT2D eigenvalue weighted by Gasteiger charge is -2.06. The van der Waals surface area contributed by atoms with E-state index in [9.17, 15) is 22.4 Å². The Morgan fingerprint density at radius 2 is 1.87 bits per heavy atom. The number of hydrogen-bond acceptors (Lipinski definition) is 3. The van der Waals surface area contributed by atoms with Gasteiger partial charge in [0.2, 0.25) is 5.91 Å². The number of rotatable bonds is 6. The third-order valence-corrected chi connectivity index (χ3v) is 4.93. The van der Waals surface area contributed by atoms with E-state index in [4.69, 9.17) is 11.6 Å². The molecule has 0 radical (unpaired) electrons. The summed E-state index contributed by atoms with van der Waals surface area (Å²) in [5.74, 6) is -0.547. The van der Waals surface area contributed by atoms with Gasteiger partial charge < -0.3 is 5.32 Å². The number of aryl methyl sites for hydroxylation is 2. The lowest BCUT2D eigenvalue weighted by atomic mass is 10.2. The van der Waals surface area contributed by atoms with Crippen LogP contribution < -0.4 is 5.32 Å². The van der Waals surface area contributed by atoms with Gasteiger partial charge in [-0.15, -0.1) is 0 Å². The Kier molecular flexibility index (Phi) is 6.16. The fourth-order valence-corrected chi connectivity index (χ4v) is 3.10. The molecule has 3 aromatic rings. The van der Waals surface area contributed by atoms with Gasteiger partial charge in [0.05, 0.1) is 23.8 Å². The minimum atomic E-state index is -4.67. The number of amides is 1.